The van der Waals surface area contributed by atoms with Crippen molar-refractivity contribution >= 4 is 17.8 Å². The standard InChI is InChI=1S/C20H15NO4/c1-3-11-24-17-10-9-14(13-18(17)23-2)12-16-19(21-25-20(16)22)15-7-5-4-6-8-15/h1,4-10,12-13H,11H2,2H3/b16-12+. The number of methoxy groups -OCH3 is 1. The zero-order chi connectivity index (χ0) is 17.6. The van der Waals surface area contributed by atoms with Gasteiger partial charge in [0, 0.05) is 5.56 Å². The Labute approximate surface area is 145 Å². The lowest BCUT2D eigenvalue weighted by molar-refractivity contribution is -0.136. The maximum Gasteiger partial charge on any atom is 0.368 e. The first kappa shape index (κ1) is 16.3. The van der Waals surface area contributed by atoms with E-state index in [2.05, 4.69) is 11.1 Å². The Hall–Kier alpha value is -3.52. The molecular weight excluding hydrogens is 318 g/mol. The molecule has 2 aromatic rings. The molecule has 0 saturated carbocycles. The van der Waals surface area contributed by atoms with Gasteiger partial charge < -0.3 is 14.3 Å². The number of rotatable bonds is 5. The van der Waals surface area contributed by atoms with Crippen LogP contribution in [0.4, 0.5) is 0 Å². The summed E-state index contributed by atoms with van der Waals surface area (Å²) in [6, 6.07) is 14.7. The molecule has 0 unspecified atom stereocenters. The van der Waals surface area contributed by atoms with Crippen molar-refractivity contribution in [1.29, 1.82) is 0 Å². The van der Waals surface area contributed by atoms with E-state index in [1.807, 2.05) is 30.3 Å². The Kier molecular flexibility index (Phi) is 4.82. The van der Waals surface area contributed by atoms with Gasteiger partial charge in [0.05, 0.1) is 12.7 Å². The smallest absolute Gasteiger partial charge is 0.368 e. The molecule has 1 aliphatic heterocycles. The quantitative estimate of drug-likeness (QED) is 0.479. The zero-order valence-electron chi connectivity index (χ0n) is 13.6. The van der Waals surface area contributed by atoms with E-state index in [-0.39, 0.29) is 6.61 Å². The van der Waals surface area contributed by atoms with Crippen molar-refractivity contribution in [1.82, 2.24) is 0 Å². The number of ether oxygens (including phenoxy) is 2. The average molecular weight is 333 g/mol. The molecule has 25 heavy (non-hydrogen) atoms. The second-order valence-electron chi connectivity index (χ2n) is 5.15. The Morgan fingerprint density at radius 1 is 1.20 bits per heavy atom. The van der Waals surface area contributed by atoms with Crippen molar-refractivity contribution < 1.29 is 19.1 Å². The molecule has 0 spiro atoms. The topological polar surface area (TPSA) is 57.1 Å². The maximum absolute atomic E-state index is 12.0. The number of hydrogen-bond donors (Lipinski definition) is 0. The van der Waals surface area contributed by atoms with Crippen LogP contribution < -0.4 is 9.47 Å². The molecule has 3 rings (SSSR count). The van der Waals surface area contributed by atoms with E-state index in [0.717, 1.165) is 11.1 Å². The molecule has 2 aromatic carbocycles. The fraction of sp³-hybridized carbons (Fsp3) is 0.100. The van der Waals surface area contributed by atoms with Crippen LogP contribution in [-0.4, -0.2) is 25.4 Å². The molecule has 0 amide bonds. The molecule has 0 atom stereocenters. The molecule has 5 heteroatoms. The Bertz CT molecular complexity index is 892. The van der Waals surface area contributed by atoms with Gasteiger partial charge in [-0.2, -0.15) is 0 Å². The molecular formula is C20H15NO4. The van der Waals surface area contributed by atoms with Crippen molar-refractivity contribution in [3.63, 3.8) is 0 Å². The summed E-state index contributed by atoms with van der Waals surface area (Å²) >= 11 is 0. The van der Waals surface area contributed by atoms with Gasteiger partial charge in [0.25, 0.3) is 0 Å². The van der Waals surface area contributed by atoms with Gasteiger partial charge in [-0.05, 0) is 23.8 Å². The number of carbonyl (C=O) groups is 1. The molecule has 0 saturated heterocycles. The molecule has 0 fully saturated rings. The lowest BCUT2D eigenvalue weighted by Gasteiger charge is -2.09. The van der Waals surface area contributed by atoms with Crippen LogP contribution in [0.3, 0.4) is 0 Å². The van der Waals surface area contributed by atoms with Gasteiger partial charge in [0.2, 0.25) is 0 Å². The highest BCUT2D eigenvalue weighted by molar-refractivity contribution is 6.31. The van der Waals surface area contributed by atoms with E-state index in [0.29, 0.717) is 22.8 Å². The number of terminal acetylenes is 1. The minimum absolute atomic E-state index is 0.147. The Balaban J connectivity index is 1.95. The van der Waals surface area contributed by atoms with Crippen LogP contribution in [0.2, 0.25) is 0 Å². The lowest BCUT2D eigenvalue weighted by atomic mass is 10.0. The number of nitrogens with zero attached hydrogens (tertiary/aromatic N) is 1. The number of oxime groups is 1. The Morgan fingerprint density at radius 2 is 2.00 bits per heavy atom. The van der Waals surface area contributed by atoms with Crippen molar-refractivity contribution in [2.75, 3.05) is 13.7 Å². The fourth-order valence-corrected chi connectivity index (χ4v) is 2.39. The van der Waals surface area contributed by atoms with Gasteiger partial charge in [-0.15, -0.1) is 6.42 Å². The van der Waals surface area contributed by atoms with E-state index in [4.69, 9.17) is 20.7 Å². The molecule has 0 aromatic heterocycles. The molecule has 124 valence electrons. The van der Waals surface area contributed by atoms with Crippen LogP contribution in [0.1, 0.15) is 11.1 Å². The molecule has 0 radical (unpaired) electrons. The van der Waals surface area contributed by atoms with Crippen LogP contribution >= 0.6 is 0 Å². The molecule has 1 aliphatic rings. The molecule has 0 N–H and O–H groups in total. The van der Waals surface area contributed by atoms with Gasteiger partial charge >= 0.3 is 5.97 Å². The molecule has 1 heterocycles. The summed E-state index contributed by atoms with van der Waals surface area (Å²) in [6.45, 7) is 0.147. The van der Waals surface area contributed by atoms with Crippen LogP contribution in [0.25, 0.3) is 6.08 Å². The number of carbonyl (C=O) groups excluding carboxylic acids is 1. The fourth-order valence-electron chi connectivity index (χ4n) is 2.39. The number of hydrogen-bond acceptors (Lipinski definition) is 5. The van der Waals surface area contributed by atoms with Crippen LogP contribution in [0.15, 0.2) is 59.3 Å². The second kappa shape index (κ2) is 7.37. The predicted octanol–water partition coefficient (Wildman–Crippen LogP) is 3.05. The van der Waals surface area contributed by atoms with Gasteiger partial charge in [-0.3, -0.25) is 0 Å². The summed E-state index contributed by atoms with van der Waals surface area (Å²) in [4.78, 5) is 16.9. The summed E-state index contributed by atoms with van der Waals surface area (Å²) in [5, 5.41) is 3.89. The van der Waals surface area contributed by atoms with Crippen molar-refractivity contribution in [3.05, 3.63) is 65.2 Å². The maximum atomic E-state index is 12.0. The van der Waals surface area contributed by atoms with Gasteiger partial charge in [-0.25, -0.2) is 4.79 Å². The third-order valence-corrected chi connectivity index (χ3v) is 3.55. The lowest BCUT2D eigenvalue weighted by Crippen LogP contribution is -2.06. The first-order chi connectivity index (χ1) is 12.2. The van der Waals surface area contributed by atoms with Crippen LogP contribution in [0.5, 0.6) is 11.5 Å². The van der Waals surface area contributed by atoms with E-state index >= 15 is 0 Å². The normalized spacial score (nSPS) is 14.6. The largest absolute Gasteiger partial charge is 0.493 e. The first-order valence-corrected chi connectivity index (χ1v) is 7.54. The monoisotopic (exact) mass is 333 g/mol. The second-order valence-corrected chi connectivity index (χ2v) is 5.15. The summed E-state index contributed by atoms with van der Waals surface area (Å²) in [5.74, 6) is 2.97. The highest BCUT2D eigenvalue weighted by Gasteiger charge is 2.26. The van der Waals surface area contributed by atoms with Crippen molar-refractivity contribution in [2.24, 2.45) is 5.16 Å². The SMILES string of the molecule is C#CCOc1ccc(/C=C2/C(=O)ON=C2c2ccccc2)cc1OC. The highest BCUT2D eigenvalue weighted by atomic mass is 16.7. The van der Waals surface area contributed by atoms with Gasteiger partial charge in [-0.1, -0.05) is 47.5 Å². The molecule has 5 nitrogen and oxygen atoms in total. The van der Waals surface area contributed by atoms with Crippen LogP contribution in [-0.2, 0) is 9.63 Å². The minimum Gasteiger partial charge on any atom is -0.493 e. The van der Waals surface area contributed by atoms with Gasteiger partial charge in [0.15, 0.2) is 11.5 Å². The summed E-state index contributed by atoms with van der Waals surface area (Å²) in [6.07, 6.45) is 6.91. The highest BCUT2D eigenvalue weighted by Crippen LogP contribution is 2.30. The summed E-state index contributed by atoms with van der Waals surface area (Å²) in [7, 11) is 1.54. The third kappa shape index (κ3) is 3.54. The van der Waals surface area contributed by atoms with E-state index in [1.165, 1.54) is 7.11 Å². The summed E-state index contributed by atoms with van der Waals surface area (Å²) < 4.78 is 10.7. The first-order valence-electron chi connectivity index (χ1n) is 7.54. The molecule has 0 bridgehead atoms. The van der Waals surface area contributed by atoms with E-state index in [1.54, 1.807) is 24.3 Å². The zero-order valence-corrected chi connectivity index (χ0v) is 13.6. The minimum atomic E-state index is -0.495. The molecule has 0 aliphatic carbocycles. The number of benzene rings is 2. The average Bonchev–Trinajstić information content (AvgIpc) is 3.01. The Morgan fingerprint density at radius 3 is 2.72 bits per heavy atom. The van der Waals surface area contributed by atoms with Gasteiger partial charge in [0.1, 0.15) is 12.3 Å². The van der Waals surface area contributed by atoms with Crippen molar-refractivity contribution in [3.8, 4) is 23.8 Å². The van der Waals surface area contributed by atoms with Crippen LogP contribution in [0, 0.1) is 12.3 Å². The van der Waals surface area contributed by atoms with E-state index in [9.17, 15) is 4.79 Å². The predicted molar refractivity (Wildman–Crippen MR) is 94.4 cm³/mol. The third-order valence-electron chi connectivity index (χ3n) is 3.55. The van der Waals surface area contributed by atoms with Crippen molar-refractivity contribution in [2.45, 2.75) is 0 Å². The summed E-state index contributed by atoms with van der Waals surface area (Å²) in [5.41, 5.74) is 2.44. The van der Waals surface area contributed by atoms with E-state index < -0.39 is 5.97 Å².